The molecule has 0 aliphatic carbocycles. The van der Waals surface area contributed by atoms with E-state index in [1.54, 1.807) is 0 Å². The first-order valence-electron chi connectivity index (χ1n) is 8.79. The van der Waals surface area contributed by atoms with E-state index in [9.17, 15) is 4.79 Å². The Balaban J connectivity index is 1.80. The van der Waals surface area contributed by atoms with E-state index >= 15 is 0 Å². The molecule has 0 radical (unpaired) electrons. The summed E-state index contributed by atoms with van der Waals surface area (Å²) in [6.45, 7) is 2.09. The van der Waals surface area contributed by atoms with Crippen molar-refractivity contribution in [2.45, 2.75) is 13.1 Å². The maximum absolute atomic E-state index is 12.7. The summed E-state index contributed by atoms with van der Waals surface area (Å²) in [7, 11) is 0. The second-order valence-corrected chi connectivity index (χ2v) is 6.79. The Labute approximate surface area is 152 Å². The van der Waals surface area contributed by atoms with Crippen LogP contribution < -0.4 is 10.2 Å². The number of hydrogen-bond acceptors (Lipinski definition) is 2. The highest BCUT2D eigenvalue weighted by Crippen LogP contribution is 2.44. The van der Waals surface area contributed by atoms with Gasteiger partial charge in [0.15, 0.2) is 0 Å². The van der Waals surface area contributed by atoms with Gasteiger partial charge in [0, 0.05) is 5.56 Å². The number of rotatable bonds is 1. The molecule has 1 amide bonds. The van der Waals surface area contributed by atoms with Crippen LogP contribution in [-0.4, -0.2) is 5.91 Å². The van der Waals surface area contributed by atoms with Crippen molar-refractivity contribution in [1.29, 1.82) is 0 Å². The maximum Gasteiger partial charge on any atom is 0.255 e. The number of carbonyl (C=O) groups is 1. The molecule has 3 aromatic rings. The molecule has 2 heterocycles. The minimum Gasteiger partial charge on any atom is -0.327 e. The lowest BCUT2D eigenvalue weighted by Gasteiger charge is -2.43. The SMILES string of the molecule is Cc1ccc2c(c1)C=C(c1ccccc1)N1c3ccccc3C(=O)N[C@H]21. The minimum atomic E-state index is -0.201. The van der Waals surface area contributed by atoms with Crippen molar-refractivity contribution in [2.24, 2.45) is 0 Å². The first-order valence-corrected chi connectivity index (χ1v) is 8.79. The maximum atomic E-state index is 12.7. The van der Waals surface area contributed by atoms with E-state index < -0.39 is 0 Å². The molecular formula is C23H18N2O. The molecule has 26 heavy (non-hydrogen) atoms. The normalized spacial score (nSPS) is 17.6. The van der Waals surface area contributed by atoms with E-state index in [0.717, 1.165) is 28.1 Å². The summed E-state index contributed by atoms with van der Waals surface area (Å²) in [5, 5.41) is 3.20. The standard InChI is InChI=1S/C23H18N2O/c1-15-11-12-18-17(13-15)14-21(16-7-3-2-4-8-16)25-20-10-6-5-9-19(20)23(26)24-22(18)25/h2-14,22H,1H3,(H,24,26)/t22-/m0/s1. The second-order valence-electron chi connectivity index (χ2n) is 6.79. The lowest BCUT2D eigenvalue weighted by atomic mass is 9.91. The van der Waals surface area contributed by atoms with Crippen LogP contribution in [0.1, 0.15) is 38.8 Å². The number of benzene rings is 3. The summed E-state index contributed by atoms with van der Waals surface area (Å²) in [5.41, 5.74) is 7.38. The van der Waals surface area contributed by atoms with E-state index in [1.807, 2.05) is 42.5 Å². The molecule has 0 spiro atoms. The summed E-state index contributed by atoms with van der Waals surface area (Å²) in [6, 6.07) is 24.6. The van der Waals surface area contributed by atoms with E-state index in [2.05, 4.69) is 53.5 Å². The van der Waals surface area contributed by atoms with Crippen molar-refractivity contribution < 1.29 is 4.79 Å². The number of hydrogen-bond donors (Lipinski definition) is 1. The number of amides is 1. The molecule has 3 heteroatoms. The predicted octanol–water partition coefficient (Wildman–Crippen LogP) is 4.76. The Hall–Kier alpha value is -3.33. The Morgan fingerprint density at radius 3 is 2.54 bits per heavy atom. The lowest BCUT2D eigenvalue weighted by Crippen LogP contribution is -2.47. The number of fused-ring (bicyclic) bond motifs is 5. The molecule has 0 aromatic heterocycles. The molecule has 0 unspecified atom stereocenters. The van der Waals surface area contributed by atoms with Gasteiger partial charge >= 0.3 is 0 Å². The second kappa shape index (κ2) is 5.60. The highest BCUT2D eigenvalue weighted by Gasteiger charge is 2.37. The van der Waals surface area contributed by atoms with Crippen LogP contribution in [0.2, 0.25) is 0 Å². The van der Waals surface area contributed by atoms with Crippen LogP contribution in [-0.2, 0) is 0 Å². The summed E-state index contributed by atoms with van der Waals surface area (Å²) in [6.07, 6.45) is 2.02. The average molecular weight is 338 g/mol. The Kier molecular flexibility index (Phi) is 3.22. The molecule has 0 saturated heterocycles. The number of aryl methyl sites for hydroxylation is 1. The third-order valence-electron chi connectivity index (χ3n) is 5.09. The quantitative estimate of drug-likeness (QED) is 0.694. The zero-order valence-electron chi connectivity index (χ0n) is 14.4. The highest BCUT2D eigenvalue weighted by molar-refractivity contribution is 6.07. The molecule has 3 nitrogen and oxygen atoms in total. The van der Waals surface area contributed by atoms with E-state index in [-0.39, 0.29) is 12.1 Å². The fourth-order valence-corrected chi connectivity index (χ4v) is 3.88. The van der Waals surface area contributed by atoms with Gasteiger partial charge in [0.05, 0.1) is 16.9 Å². The van der Waals surface area contributed by atoms with Gasteiger partial charge in [-0.2, -0.15) is 0 Å². The van der Waals surface area contributed by atoms with Gasteiger partial charge < -0.3 is 10.2 Å². The Morgan fingerprint density at radius 1 is 0.923 bits per heavy atom. The first kappa shape index (κ1) is 15.0. The predicted molar refractivity (Wildman–Crippen MR) is 105 cm³/mol. The van der Waals surface area contributed by atoms with Gasteiger partial charge in [-0.1, -0.05) is 66.2 Å². The van der Waals surface area contributed by atoms with Crippen LogP contribution in [0.4, 0.5) is 5.69 Å². The fraction of sp³-hybridized carbons (Fsp3) is 0.0870. The molecule has 0 saturated carbocycles. The van der Waals surface area contributed by atoms with Crippen LogP contribution in [0.5, 0.6) is 0 Å². The topological polar surface area (TPSA) is 32.3 Å². The Morgan fingerprint density at radius 2 is 1.69 bits per heavy atom. The number of carbonyl (C=O) groups excluding carboxylic acids is 1. The fourth-order valence-electron chi connectivity index (χ4n) is 3.88. The van der Waals surface area contributed by atoms with Crippen molar-refractivity contribution in [3.05, 3.63) is 101 Å². The molecule has 2 aliphatic rings. The van der Waals surface area contributed by atoms with Crippen LogP contribution in [0.15, 0.2) is 72.8 Å². The van der Waals surface area contributed by atoms with Crippen LogP contribution in [0, 0.1) is 6.92 Å². The van der Waals surface area contributed by atoms with Crippen LogP contribution in [0.25, 0.3) is 11.8 Å². The largest absolute Gasteiger partial charge is 0.327 e. The number of para-hydroxylation sites is 1. The third kappa shape index (κ3) is 2.17. The molecule has 0 bridgehead atoms. The lowest BCUT2D eigenvalue weighted by molar-refractivity contribution is 0.0930. The van der Waals surface area contributed by atoms with Gasteiger partial charge in [-0.05, 0) is 36.3 Å². The molecule has 5 rings (SSSR count). The summed E-state index contributed by atoms with van der Waals surface area (Å²) in [5.74, 6) is -0.0253. The zero-order valence-corrected chi connectivity index (χ0v) is 14.4. The molecule has 1 atom stereocenters. The van der Waals surface area contributed by atoms with Crippen molar-refractivity contribution in [1.82, 2.24) is 5.32 Å². The number of anilines is 1. The summed E-state index contributed by atoms with van der Waals surface area (Å²) < 4.78 is 0. The average Bonchev–Trinajstić information content (AvgIpc) is 2.68. The van der Waals surface area contributed by atoms with Crippen molar-refractivity contribution in [2.75, 3.05) is 4.90 Å². The van der Waals surface area contributed by atoms with Crippen molar-refractivity contribution >= 4 is 23.4 Å². The third-order valence-corrected chi connectivity index (χ3v) is 5.09. The van der Waals surface area contributed by atoms with Gasteiger partial charge in [-0.25, -0.2) is 0 Å². The van der Waals surface area contributed by atoms with Crippen LogP contribution in [0.3, 0.4) is 0 Å². The first-order chi connectivity index (χ1) is 12.7. The van der Waals surface area contributed by atoms with Gasteiger partial charge in [0.2, 0.25) is 0 Å². The van der Waals surface area contributed by atoms with Crippen molar-refractivity contribution in [3.8, 4) is 0 Å². The number of nitrogens with one attached hydrogen (secondary N) is 1. The van der Waals surface area contributed by atoms with Gasteiger partial charge in [-0.15, -0.1) is 0 Å². The molecule has 2 aliphatic heterocycles. The molecule has 3 aromatic carbocycles. The van der Waals surface area contributed by atoms with Gasteiger partial charge in [0.25, 0.3) is 5.91 Å². The zero-order chi connectivity index (χ0) is 17.7. The van der Waals surface area contributed by atoms with Crippen molar-refractivity contribution in [3.63, 3.8) is 0 Å². The van der Waals surface area contributed by atoms with E-state index in [0.29, 0.717) is 5.56 Å². The minimum absolute atomic E-state index is 0.0253. The molecule has 126 valence electrons. The van der Waals surface area contributed by atoms with E-state index in [1.165, 1.54) is 5.56 Å². The highest BCUT2D eigenvalue weighted by atomic mass is 16.2. The summed E-state index contributed by atoms with van der Waals surface area (Å²) >= 11 is 0. The van der Waals surface area contributed by atoms with E-state index in [4.69, 9.17) is 0 Å². The smallest absolute Gasteiger partial charge is 0.255 e. The molecule has 0 fully saturated rings. The van der Waals surface area contributed by atoms with Crippen LogP contribution >= 0.6 is 0 Å². The molecular weight excluding hydrogens is 320 g/mol. The monoisotopic (exact) mass is 338 g/mol. The molecule has 1 N–H and O–H groups in total. The Bertz CT molecular complexity index is 1050. The summed E-state index contributed by atoms with van der Waals surface area (Å²) in [4.78, 5) is 14.9. The van der Waals surface area contributed by atoms with Gasteiger partial charge in [0.1, 0.15) is 6.17 Å². The van der Waals surface area contributed by atoms with Gasteiger partial charge in [-0.3, -0.25) is 4.79 Å². The number of nitrogens with zero attached hydrogens (tertiary/aromatic N) is 1.